The molecule has 0 unspecified atom stereocenters. The molecule has 6 aromatic rings. The van der Waals surface area contributed by atoms with E-state index in [0.29, 0.717) is 11.3 Å². The Hall–Kier alpha value is -2.70. The molecule has 0 aliphatic heterocycles. The molecule has 2 N–H and O–H groups in total. The maximum Gasteiger partial charge on any atom is -0.0606 e. The van der Waals surface area contributed by atoms with Crippen molar-refractivity contribution >= 4 is 56.4 Å². The van der Waals surface area contributed by atoms with Gasteiger partial charge in [-0.25, -0.2) is 0 Å². The molecular weight excluding hydrogens is 778 g/mol. The average molecular weight is 825 g/mol. The van der Waals surface area contributed by atoms with Gasteiger partial charge < -0.3 is 11.5 Å². The van der Waals surface area contributed by atoms with Gasteiger partial charge in [-0.2, -0.15) is 0 Å². The fraction of sp³-hybridized carbons (Fsp3) is 0.163. The first-order valence-electron chi connectivity index (χ1n) is 16.8. The number of benzene rings is 6. The molecule has 6 rings (SSSR count). The van der Waals surface area contributed by atoms with Crippen LogP contribution >= 0.6 is 35.2 Å². The molecule has 0 aliphatic carbocycles. The first-order valence-corrected chi connectivity index (χ1v) is 24.4. The molecule has 0 amide bonds. The van der Waals surface area contributed by atoms with Crippen molar-refractivity contribution in [2.75, 3.05) is 0 Å². The third-order valence-corrected chi connectivity index (χ3v) is 14.9. The standard InChI is InChI=1S/C29H30P2.C14H14N2.2ClH.Ru/c1-24(30(26-15-7-3-8-16-26)27-17-9-4-10-18-27)23-25(2)31(28-19-11-5-12-20-28)29-21-13-6-14-22-29;15-13(11-7-3-1-4-8-11)14(16)12-9-5-2-6-10-12;;;/h3-22,24-25H,23H2,1-2H3;1-10,13-16H;2*1H;/q;-2;;;+4/t24-,25-;13-,14-;;;/m01.../s1. The first kappa shape index (κ1) is 40.1. The number of hydrogen-bond donors (Lipinski definition) is 0. The van der Waals surface area contributed by atoms with E-state index >= 15 is 0 Å². The van der Waals surface area contributed by atoms with Crippen LogP contribution in [0.1, 0.15) is 43.5 Å². The van der Waals surface area contributed by atoms with Crippen LogP contribution in [0.4, 0.5) is 0 Å². The van der Waals surface area contributed by atoms with Gasteiger partial charge in [-0.15, -0.1) is 12.1 Å². The molecule has 0 radical (unpaired) electrons. The molecule has 2 nitrogen and oxygen atoms in total. The minimum Gasteiger partial charge on any atom is -0.672 e. The van der Waals surface area contributed by atoms with Gasteiger partial charge in [0.05, 0.1) is 48.4 Å². The Balaban J connectivity index is 0.000000247. The van der Waals surface area contributed by atoms with Crippen LogP contribution in [0, 0.1) is 0 Å². The Morgan fingerprint density at radius 1 is 0.420 bits per heavy atom. The second-order valence-electron chi connectivity index (χ2n) is 12.2. The number of hydrogen-bond acceptors (Lipinski definition) is 0. The fourth-order valence-electron chi connectivity index (χ4n) is 6.41. The summed E-state index contributed by atoms with van der Waals surface area (Å²) < 4.78 is 0. The molecule has 258 valence electrons. The molecule has 0 spiro atoms. The second-order valence-corrected chi connectivity index (χ2v) is 20.7. The molecule has 0 aliphatic rings. The Morgan fingerprint density at radius 3 is 0.840 bits per heavy atom. The first-order chi connectivity index (χ1) is 24.4. The van der Waals surface area contributed by atoms with E-state index in [0.717, 1.165) is 11.1 Å². The van der Waals surface area contributed by atoms with E-state index in [-0.39, 0.29) is 15.1 Å². The van der Waals surface area contributed by atoms with Gasteiger partial charge in [-0.1, -0.05) is 145 Å². The molecule has 6 aromatic carbocycles. The van der Waals surface area contributed by atoms with Crippen LogP contribution in [0.2, 0.25) is 0 Å². The van der Waals surface area contributed by atoms with E-state index in [1.165, 1.54) is 27.6 Å². The summed E-state index contributed by atoms with van der Waals surface area (Å²) in [6, 6.07) is 62.9. The van der Waals surface area contributed by atoms with Crippen LogP contribution in [0.15, 0.2) is 182 Å². The van der Waals surface area contributed by atoms with Crippen molar-refractivity contribution in [2.24, 2.45) is 0 Å². The van der Waals surface area contributed by atoms with Crippen molar-refractivity contribution in [3.8, 4) is 0 Å². The topological polar surface area (TPSA) is 47.6 Å². The van der Waals surface area contributed by atoms with Gasteiger partial charge >= 0.3 is 34.5 Å². The van der Waals surface area contributed by atoms with E-state index < -0.39 is 27.9 Å². The summed E-state index contributed by atoms with van der Waals surface area (Å²) >= 11 is -0.346. The van der Waals surface area contributed by atoms with Crippen LogP contribution in [0.3, 0.4) is 0 Å². The van der Waals surface area contributed by atoms with Crippen LogP contribution in [-0.2, 0) is 15.1 Å². The second kappa shape index (κ2) is 22.3. The fourth-order valence-corrected chi connectivity index (χ4v) is 13.0. The van der Waals surface area contributed by atoms with Gasteiger partial charge in [-0.3, -0.25) is 0 Å². The molecule has 0 saturated heterocycles. The van der Waals surface area contributed by atoms with Crippen molar-refractivity contribution in [3.63, 3.8) is 0 Å². The van der Waals surface area contributed by atoms with Crippen molar-refractivity contribution in [2.45, 2.75) is 43.7 Å². The maximum absolute atomic E-state index is 8.07. The predicted octanol–water partition coefficient (Wildman–Crippen LogP) is 11.8. The Morgan fingerprint density at radius 2 is 0.620 bits per heavy atom. The summed E-state index contributed by atoms with van der Waals surface area (Å²) in [6.07, 6.45) is 1.25. The smallest absolute Gasteiger partial charge is 0.0606 e. The number of halogens is 2. The van der Waals surface area contributed by atoms with E-state index in [2.05, 4.69) is 135 Å². The SMILES string of the molecule is C[C@@H](C[C@H](C)[PH+](c1ccccc1)c1ccccc1)[PH+](c1ccccc1)c1ccccc1.[Cl][Ru+2][Cl].[NH-][C@H](c1ccccc1)[C@H]([NH-])c1ccccc1. The summed E-state index contributed by atoms with van der Waals surface area (Å²) in [4.78, 5) is 0. The summed E-state index contributed by atoms with van der Waals surface area (Å²) in [5, 5.41) is 6.08. The molecule has 0 aromatic heterocycles. The van der Waals surface area contributed by atoms with Gasteiger partial charge in [0.25, 0.3) is 0 Å². The van der Waals surface area contributed by atoms with Gasteiger partial charge in [0.1, 0.15) is 0 Å². The minimum absolute atomic E-state index is 0.346. The molecule has 4 atom stereocenters. The van der Waals surface area contributed by atoms with E-state index in [9.17, 15) is 0 Å². The normalized spacial score (nSPS) is 13.2. The van der Waals surface area contributed by atoms with Gasteiger partial charge in [0.2, 0.25) is 0 Å². The summed E-state index contributed by atoms with van der Waals surface area (Å²) in [5.74, 6) is 0. The van der Waals surface area contributed by atoms with Crippen LogP contribution in [-0.4, -0.2) is 11.3 Å². The molecular formula is C43H46Cl2N2P2Ru+2. The zero-order valence-corrected chi connectivity index (χ0v) is 33.7. The quantitative estimate of drug-likeness (QED) is 0.0923. The zero-order valence-electron chi connectivity index (χ0n) is 28.4. The monoisotopic (exact) mass is 824 g/mol. The molecule has 7 heteroatoms. The molecule has 0 saturated carbocycles. The van der Waals surface area contributed by atoms with Crippen LogP contribution in [0.25, 0.3) is 11.5 Å². The molecule has 0 bridgehead atoms. The zero-order chi connectivity index (χ0) is 35.6. The van der Waals surface area contributed by atoms with Crippen LogP contribution in [0.5, 0.6) is 0 Å². The Kier molecular flexibility index (Phi) is 17.9. The van der Waals surface area contributed by atoms with Crippen molar-refractivity contribution in [3.05, 3.63) is 205 Å². The van der Waals surface area contributed by atoms with Gasteiger partial charge in [0.15, 0.2) is 0 Å². The molecule has 0 heterocycles. The number of rotatable bonds is 11. The van der Waals surface area contributed by atoms with Gasteiger partial charge in [-0.05, 0) is 62.4 Å². The largest absolute Gasteiger partial charge is 0.672 e. The summed E-state index contributed by atoms with van der Waals surface area (Å²) in [5.41, 5.74) is 19.2. The Bertz CT molecular complexity index is 1530. The molecule has 0 fully saturated rings. The third kappa shape index (κ3) is 12.2. The summed E-state index contributed by atoms with van der Waals surface area (Å²) in [7, 11) is 8.00. The predicted molar refractivity (Wildman–Crippen MR) is 223 cm³/mol. The third-order valence-electron chi connectivity index (χ3n) is 8.68. The van der Waals surface area contributed by atoms with Crippen molar-refractivity contribution < 1.29 is 15.1 Å². The van der Waals surface area contributed by atoms with Crippen LogP contribution < -0.4 is 21.2 Å². The Labute approximate surface area is 317 Å². The van der Waals surface area contributed by atoms with Crippen molar-refractivity contribution in [1.82, 2.24) is 0 Å². The molecule has 50 heavy (non-hydrogen) atoms. The van der Waals surface area contributed by atoms with E-state index in [1.54, 1.807) is 0 Å². The average Bonchev–Trinajstić information content (AvgIpc) is 3.17. The summed E-state index contributed by atoms with van der Waals surface area (Å²) in [6.45, 7) is 4.97. The maximum atomic E-state index is 8.07. The van der Waals surface area contributed by atoms with E-state index in [4.69, 9.17) is 30.8 Å². The minimum atomic E-state index is -0.852. The van der Waals surface area contributed by atoms with Crippen molar-refractivity contribution in [1.29, 1.82) is 0 Å². The number of nitrogens with one attached hydrogen (secondary N) is 2. The van der Waals surface area contributed by atoms with E-state index in [1.807, 2.05) is 60.7 Å². The van der Waals surface area contributed by atoms with Gasteiger partial charge in [0, 0.05) is 6.42 Å².